The van der Waals surface area contributed by atoms with E-state index in [1.54, 1.807) is 6.92 Å². The van der Waals surface area contributed by atoms with Gasteiger partial charge in [0, 0.05) is 0 Å². The van der Waals surface area contributed by atoms with E-state index in [2.05, 4.69) is 9.01 Å². The summed E-state index contributed by atoms with van der Waals surface area (Å²) in [6.45, 7) is 1.80. The van der Waals surface area contributed by atoms with Gasteiger partial charge in [-0.3, -0.25) is 4.57 Å². The normalized spacial score (nSPS) is 16.8. The first-order valence-corrected chi connectivity index (χ1v) is 7.70. The molecule has 1 atom stereocenters. The Bertz CT molecular complexity index is 378. The fraction of sp³-hybridized carbons (Fsp3) is 1.00. The van der Waals surface area contributed by atoms with Crippen LogP contribution >= 0.6 is 7.60 Å². The molecule has 0 bridgehead atoms. The van der Waals surface area contributed by atoms with Crippen LogP contribution in [0.5, 0.6) is 0 Å². The zero-order chi connectivity index (χ0) is 13.7. The van der Waals surface area contributed by atoms with Gasteiger partial charge in [-0.05, 0) is 6.42 Å². The van der Waals surface area contributed by atoms with Crippen molar-refractivity contribution in [1.82, 2.24) is 0 Å². The maximum Gasteiger partial charge on any atom is 0.525 e. The molecule has 6 nitrogen and oxygen atoms in total. The van der Waals surface area contributed by atoms with Crippen molar-refractivity contribution in [2.45, 2.75) is 31.7 Å². The third kappa shape index (κ3) is 6.37. The molecule has 0 aliphatic carbocycles. The third-order valence-electron chi connectivity index (χ3n) is 1.56. The van der Waals surface area contributed by atoms with Gasteiger partial charge < -0.3 is 4.89 Å². The molecule has 0 saturated heterocycles. The maximum absolute atomic E-state index is 11.8. The quantitative estimate of drug-likeness (QED) is 0.255. The SMILES string of the molecule is CCCCCP(=O)(O)OOS(=O)(=O)C(F)(F)F. The summed E-state index contributed by atoms with van der Waals surface area (Å²) in [6, 6.07) is 0. The summed E-state index contributed by atoms with van der Waals surface area (Å²) in [5.74, 6) is 0. The van der Waals surface area contributed by atoms with Gasteiger partial charge in [-0.2, -0.15) is 21.6 Å². The predicted molar refractivity (Wildman–Crippen MR) is 51.4 cm³/mol. The smallest absolute Gasteiger partial charge is 0.323 e. The Hall–Kier alpha value is -0.150. The highest BCUT2D eigenvalue weighted by molar-refractivity contribution is 7.87. The molecule has 1 unspecified atom stereocenters. The van der Waals surface area contributed by atoms with Crippen molar-refractivity contribution in [3.05, 3.63) is 0 Å². The van der Waals surface area contributed by atoms with Gasteiger partial charge >= 0.3 is 23.2 Å². The molecule has 0 aromatic heterocycles. The number of hydrogen-bond acceptors (Lipinski definition) is 5. The summed E-state index contributed by atoms with van der Waals surface area (Å²) >= 11 is 0. The summed E-state index contributed by atoms with van der Waals surface area (Å²) in [5, 5.41) is 0. The highest BCUT2D eigenvalue weighted by Crippen LogP contribution is 2.44. The Kier molecular flexibility index (Phi) is 6.09. The van der Waals surface area contributed by atoms with Gasteiger partial charge in [0.15, 0.2) is 0 Å². The molecule has 11 heteroatoms. The first-order chi connectivity index (χ1) is 7.52. The number of hydrogen-bond donors (Lipinski definition) is 1. The number of halogens is 3. The summed E-state index contributed by atoms with van der Waals surface area (Å²) in [4.78, 5) is 8.95. The molecule has 0 radical (unpaired) electrons. The van der Waals surface area contributed by atoms with Crippen molar-refractivity contribution in [2.24, 2.45) is 0 Å². The molecule has 0 aliphatic rings. The summed E-state index contributed by atoms with van der Waals surface area (Å²) < 4.78 is 73.4. The van der Waals surface area contributed by atoms with E-state index in [9.17, 15) is 26.2 Å². The molecular formula is C6H12F3O6PS. The van der Waals surface area contributed by atoms with E-state index >= 15 is 0 Å². The second-order valence-corrected chi connectivity index (χ2v) is 6.49. The molecule has 0 saturated carbocycles. The third-order valence-corrected chi connectivity index (χ3v) is 3.67. The molecule has 0 rings (SSSR count). The van der Waals surface area contributed by atoms with Gasteiger partial charge in [0.1, 0.15) is 0 Å². The number of unbranched alkanes of at least 4 members (excludes halogenated alkanes) is 2. The number of rotatable bonds is 7. The summed E-state index contributed by atoms with van der Waals surface area (Å²) in [5.41, 5.74) is -5.70. The maximum atomic E-state index is 11.8. The average Bonchev–Trinajstić information content (AvgIpc) is 2.14. The zero-order valence-electron chi connectivity index (χ0n) is 8.81. The van der Waals surface area contributed by atoms with E-state index in [-0.39, 0.29) is 6.42 Å². The topological polar surface area (TPSA) is 89.9 Å². The standard InChI is InChI=1S/C6H12F3O6PS/c1-2-3-4-5-16(10,11)14-15-17(12,13)6(7,8)9/h2-5H2,1H3,(H,10,11). The first kappa shape index (κ1) is 16.9. The van der Waals surface area contributed by atoms with Crippen molar-refractivity contribution in [1.29, 1.82) is 0 Å². The van der Waals surface area contributed by atoms with Gasteiger partial charge in [-0.1, -0.05) is 24.1 Å². The van der Waals surface area contributed by atoms with E-state index in [1.165, 1.54) is 0 Å². The Morgan fingerprint density at radius 1 is 1.29 bits per heavy atom. The lowest BCUT2D eigenvalue weighted by molar-refractivity contribution is -0.134. The van der Waals surface area contributed by atoms with Crippen molar-refractivity contribution < 1.29 is 40.1 Å². The van der Waals surface area contributed by atoms with Crippen LogP contribution in [0.25, 0.3) is 0 Å². The van der Waals surface area contributed by atoms with E-state index < -0.39 is 29.4 Å². The van der Waals surface area contributed by atoms with Gasteiger partial charge in [-0.25, -0.2) is 0 Å². The van der Waals surface area contributed by atoms with Crippen LogP contribution in [-0.2, 0) is 23.7 Å². The van der Waals surface area contributed by atoms with Gasteiger partial charge in [0.05, 0.1) is 6.16 Å². The van der Waals surface area contributed by atoms with E-state index in [4.69, 9.17) is 4.89 Å². The molecule has 0 spiro atoms. The minimum atomic E-state index is -6.02. The molecule has 0 aliphatic heterocycles. The lowest BCUT2D eigenvalue weighted by Gasteiger charge is -2.11. The fourth-order valence-corrected chi connectivity index (χ4v) is 2.20. The van der Waals surface area contributed by atoms with Crippen LogP contribution in [0, 0.1) is 0 Å². The number of alkyl halides is 3. The second kappa shape index (κ2) is 6.14. The Labute approximate surface area is 96.3 Å². The summed E-state index contributed by atoms with van der Waals surface area (Å²) in [6.07, 6.45) is 0.996. The monoisotopic (exact) mass is 300 g/mol. The van der Waals surface area contributed by atoms with Gasteiger partial charge in [-0.15, -0.1) is 4.67 Å². The molecule has 0 fully saturated rings. The first-order valence-electron chi connectivity index (χ1n) is 4.53. The van der Waals surface area contributed by atoms with Crippen molar-refractivity contribution in [2.75, 3.05) is 6.16 Å². The molecule has 17 heavy (non-hydrogen) atoms. The van der Waals surface area contributed by atoms with Crippen LogP contribution in [0.15, 0.2) is 0 Å². The predicted octanol–water partition coefficient (Wildman–Crippen LogP) is 2.16. The molecule has 0 amide bonds. The fourth-order valence-electron chi connectivity index (χ4n) is 0.725. The molecule has 0 aromatic rings. The Balaban J connectivity index is 4.33. The molecule has 1 N–H and O–H groups in total. The van der Waals surface area contributed by atoms with Crippen LogP contribution in [0.3, 0.4) is 0 Å². The Morgan fingerprint density at radius 3 is 2.24 bits per heavy atom. The lowest BCUT2D eigenvalue weighted by Crippen LogP contribution is -2.25. The highest BCUT2D eigenvalue weighted by atomic mass is 32.2. The average molecular weight is 300 g/mol. The van der Waals surface area contributed by atoms with E-state index in [1.807, 2.05) is 0 Å². The summed E-state index contributed by atoms with van der Waals surface area (Å²) in [7, 11) is -10.5. The minimum absolute atomic E-state index is 0.208. The van der Waals surface area contributed by atoms with Gasteiger partial charge in [0.25, 0.3) is 0 Å². The lowest BCUT2D eigenvalue weighted by atomic mass is 10.3. The molecule has 104 valence electrons. The van der Waals surface area contributed by atoms with Crippen molar-refractivity contribution >= 4 is 17.7 Å². The Morgan fingerprint density at radius 2 is 1.82 bits per heavy atom. The van der Waals surface area contributed by atoms with Crippen molar-refractivity contribution in [3.8, 4) is 0 Å². The van der Waals surface area contributed by atoms with E-state index in [0.29, 0.717) is 12.8 Å². The van der Waals surface area contributed by atoms with Crippen molar-refractivity contribution in [3.63, 3.8) is 0 Å². The van der Waals surface area contributed by atoms with Crippen LogP contribution in [0.2, 0.25) is 0 Å². The molecule has 0 aromatic carbocycles. The zero-order valence-corrected chi connectivity index (χ0v) is 10.5. The molecule has 0 heterocycles. The van der Waals surface area contributed by atoms with Gasteiger partial charge in [0.2, 0.25) is 0 Å². The van der Waals surface area contributed by atoms with Crippen LogP contribution in [0.1, 0.15) is 26.2 Å². The van der Waals surface area contributed by atoms with Crippen LogP contribution in [-0.4, -0.2) is 25.0 Å². The second-order valence-electron chi connectivity index (χ2n) is 3.11. The minimum Gasteiger partial charge on any atom is -0.323 e. The highest BCUT2D eigenvalue weighted by Gasteiger charge is 2.49. The van der Waals surface area contributed by atoms with E-state index in [0.717, 1.165) is 0 Å². The van der Waals surface area contributed by atoms with Crippen LogP contribution < -0.4 is 0 Å². The largest absolute Gasteiger partial charge is 0.525 e. The molecular weight excluding hydrogens is 288 g/mol. The van der Waals surface area contributed by atoms with Crippen LogP contribution in [0.4, 0.5) is 13.2 Å².